The van der Waals surface area contributed by atoms with Gasteiger partial charge in [0.2, 0.25) is 0 Å². The summed E-state index contributed by atoms with van der Waals surface area (Å²) in [4.78, 5) is 9.03. The molecule has 0 radical (unpaired) electrons. The summed E-state index contributed by atoms with van der Waals surface area (Å²) >= 11 is 0. The maximum absolute atomic E-state index is 5.74. The van der Waals surface area contributed by atoms with Crippen LogP contribution in [0, 0.1) is 0 Å². The zero-order valence-electron chi connectivity index (χ0n) is 12.3. The fourth-order valence-corrected chi connectivity index (χ4v) is 2.75. The number of hydrogen-bond acceptors (Lipinski definition) is 4. The SMILES string of the molecule is Nc1ccc(N2CCN(CCc3ccncc3)CC2)cc1. The Balaban J connectivity index is 1.48. The summed E-state index contributed by atoms with van der Waals surface area (Å²) in [7, 11) is 0. The summed E-state index contributed by atoms with van der Waals surface area (Å²) < 4.78 is 0. The normalized spacial score (nSPS) is 16.1. The molecule has 0 aliphatic carbocycles. The van der Waals surface area contributed by atoms with E-state index in [1.54, 1.807) is 0 Å². The molecule has 0 bridgehead atoms. The molecule has 3 rings (SSSR count). The number of anilines is 2. The van der Waals surface area contributed by atoms with Crippen LogP contribution in [0.5, 0.6) is 0 Å². The number of piperazine rings is 1. The largest absolute Gasteiger partial charge is 0.399 e. The quantitative estimate of drug-likeness (QED) is 0.872. The van der Waals surface area contributed by atoms with E-state index in [4.69, 9.17) is 5.73 Å². The third-order valence-corrected chi connectivity index (χ3v) is 4.10. The van der Waals surface area contributed by atoms with E-state index in [1.165, 1.54) is 11.3 Å². The maximum Gasteiger partial charge on any atom is 0.0368 e. The molecule has 21 heavy (non-hydrogen) atoms. The molecule has 0 unspecified atom stereocenters. The van der Waals surface area contributed by atoms with Gasteiger partial charge in [0.25, 0.3) is 0 Å². The van der Waals surface area contributed by atoms with Crippen LogP contribution in [0.4, 0.5) is 11.4 Å². The molecule has 0 amide bonds. The van der Waals surface area contributed by atoms with E-state index < -0.39 is 0 Å². The lowest BCUT2D eigenvalue weighted by Gasteiger charge is -2.36. The molecule has 1 fully saturated rings. The maximum atomic E-state index is 5.74. The van der Waals surface area contributed by atoms with E-state index in [-0.39, 0.29) is 0 Å². The van der Waals surface area contributed by atoms with Crippen molar-refractivity contribution in [3.63, 3.8) is 0 Å². The molecule has 0 atom stereocenters. The van der Waals surface area contributed by atoms with Gasteiger partial charge in [-0.1, -0.05) is 0 Å². The zero-order chi connectivity index (χ0) is 14.5. The molecule has 0 spiro atoms. The van der Waals surface area contributed by atoms with E-state index in [1.807, 2.05) is 24.5 Å². The monoisotopic (exact) mass is 282 g/mol. The Bertz CT molecular complexity index is 545. The molecule has 2 N–H and O–H groups in total. The first kappa shape index (κ1) is 13.9. The Morgan fingerprint density at radius 1 is 0.905 bits per heavy atom. The van der Waals surface area contributed by atoms with Crippen molar-refractivity contribution in [2.75, 3.05) is 43.4 Å². The highest BCUT2D eigenvalue weighted by Crippen LogP contribution is 2.18. The smallest absolute Gasteiger partial charge is 0.0368 e. The van der Waals surface area contributed by atoms with Crippen LogP contribution in [-0.4, -0.2) is 42.6 Å². The van der Waals surface area contributed by atoms with E-state index in [9.17, 15) is 0 Å². The van der Waals surface area contributed by atoms with Gasteiger partial charge in [0.05, 0.1) is 0 Å². The Labute approximate surface area is 126 Å². The molecule has 2 aromatic rings. The van der Waals surface area contributed by atoms with Gasteiger partial charge in [-0.2, -0.15) is 0 Å². The second-order valence-corrected chi connectivity index (χ2v) is 5.53. The standard InChI is InChI=1S/C17H22N4/c18-16-1-3-17(4-2-16)21-13-11-20(12-14-21)10-7-15-5-8-19-9-6-15/h1-6,8-9H,7,10-14,18H2. The van der Waals surface area contributed by atoms with E-state index in [0.717, 1.165) is 44.8 Å². The van der Waals surface area contributed by atoms with Crippen molar-refractivity contribution < 1.29 is 0 Å². The average Bonchev–Trinajstić information content (AvgIpc) is 2.55. The van der Waals surface area contributed by atoms with Crippen molar-refractivity contribution in [2.24, 2.45) is 0 Å². The van der Waals surface area contributed by atoms with Crippen LogP contribution in [0.15, 0.2) is 48.8 Å². The summed E-state index contributed by atoms with van der Waals surface area (Å²) in [5.41, 5.74) is 9.21. The molecule has 110 valence electrons. The van der Waals surface area contributed by atoms with E-state index in [2.05, 4.69) is 39.0 Å². The second-order valence-electron chi connectivity index (χ2n) is 5.53. The number of benzene rings is 1. The fourth-order valence-electron chi connectivity index (χ4n) is 2.75. The number of nitrogen functional groups attached to an aromatic ring is 1. The van der Waals surface area contributed by atoms with Gasteiger partial charge >= 0.3 is 0 Å². The van der Waals surface area contributed by atoms with Crippen LogP contribution in [0.3, 0.4) is 0 Å². The molecule has 2 heterocycles. The van der Waals surface area contributed by atoms with Gasteiger partial charge in [-0.15, -0.1) is 0 Å². The van der Waals surface area contributed by atoms with Crippen molar-refractivity contribution in [2.45, 2.75) is 6.42 Å². The summed E-state index contributed by atoms with van der Waals surface area (Å²) in [6, 6.07) is 12.4. The number of nitrogens with two attached hydrogens (primary N) is 1. The Hall–Kier alpha value is -2.07. The van der Waals surface area contributed by atoms with Crippen molar-refractivity contribution >= 4 is 11.4 Å². The highest BCUT2D eigenvalue weighted by Gasteiger charge is 2.16. The minimum absolute atomic E-state index is 0.828. The van der Waals surface area contributed by atoms with Crippen molar-refractivity contribution in [1.29, 1.82) is 0 Å². The van der Waals surface area contributed by atoms with E-state index in [0.29, 0.717) is 0 Å². The van der Waals surface area contributed by atoms with Gasteiger partial charge in [0, 0.05) is 56.5 Å². The van der Waals surface area contributed by atoms with Crippen molar-refractivity contribution in [3.8, 4) is 0 Å². The molecular formula is C17H22N4. The van der Waals surface area contributed by atoms with E-state index >= 15 is 0 Å². The number of pyridine rings is 1. The molecule has 4 nitrogen and oxygen atoms in total. The lowest BCUT2D eigenvalue weighted by atomic mass is 10.1. The highest BCUT2D eigenvalue weighted by molar-refractivity contribution is 5.53. The molecule has 1 aromatic carbocycles. The lowest BCUT2D eigenvalue weighted by molar-refractivity contribution is 0.261. The van der Waals surface area contributed by atoms with Gasteiger partial charge in [-0.3, -0.25) is 9.88 Å². The topological polar surface area (TPSA) is 45.4 Å². The molecule has 4 heteroatoms. The van der Waals surface area contributed by atoms with Crippen molar-refractivity contribution in [1.82, 2.24) is 9.88 Å². The number of hydrogen-bond donors (Lipinski definition) is 1. The van der Waals surface area contributed by atoms with Crippen LogP contribution >= 0.6 is 0 Å². The minimum Gasteiger partial charge on any atom is -0.399 e. The third kappa shape index (κ3) is 3.73. The molecule has 0 saturated carbocycles. The van der Waals surface area contributed by atoms with Crippen molar-refractivity contribution in [3.05, 3.63) is 54.4 Å². The predicted molar refractivity (Wildman–Crippen MR) is 87.4 cm³/mol. The first-order valence-electron chi connectivity index (χ1n) is 7.53. The van der Waals surface area contributed by atoms with Crippen LogP contribution < -0.4 is 10.6 Å². The Morgan fingerprint density at radius 3 is 2.24 bits per heavy atom. The Kier molecular flexibility index (Phi) is 4.36. The predicted octanol–water partition coefficient (Wildman–Crippen LogP) is 2.03. The first-order valence-corrected chi connectivity index (χ1v) is 7.53. The highest BCUT2D eigenvalue weighted by atomic mass is 15.3. The average molecular weight is 282 g/mol. The Morgan fingerprint density at radius 2 is 1.57 bits per heavy atom. The number of rotatable bonds is 4. The van der Waals surface area contributed by atoms with Gasteiger partial charge in [-0.05, 0) is 48.4 Å². The molecule has 1 aliphatic heterocycles. The lowest BCUT2D eigenvalue weighted by Crippen LogP contribution is -2.47. The van der Waals surface area contributed by atoms with Gasteiger partial charge in [0.1, 0.15) is 0 Å². The van der Waals surface area contributed by atoms with Crippen LogP contribution in [0.1, 0.15) is 5.56 Å². The van der Waals surface area contributed by atoms with Gasteiger partial charge in [-0.25, -0.2) is 0 Å². The molecule has 1 saturated heterocycles. The van der Waals surface area contributed by atoms with Crippen LogP contribution in [0.25, 0.3) is 0 Å². The molecule has 1 aromatic heterocycles. The third-order valence-electron chi connectivity index (χ3n) is 4.10. The minimum atomic E-state index is 0.828. The molecule has 1 aliphatic rings. The summed E-state index contributed by atoms with van der Waals surface area (Å²) in [5, 5.41) is 0. The number of aromatic nitrogens is 1. The summed E-state index contributed by atoms with van der Waals surface area (Å²) in [5.74, 6) is 0. The number of nitrogens with zero attached hydrogens (tertiary/aromatic N) is 3. The summed E-state index contributed by atoms with van der Waals surface area (Å²) in [6.07, 6.45) is 4.84. The summed E-state index contributed by atoms with van der Waals surface area (Å²) in [6.45, 7) is 5.53. The zero-order valence-corrected chi connectivity index (χ0v) is 12.3. The fraction of sp³-hybridized carbons (Fsp3) is 0.353. The van der Waals surface area contributed by atoms with Gasteiger partial charge in [0.15, 0.2) is 0 Å². The van der Waals surface area contributed by atoms with Crippen LogP contribution in [0.2, 0.25) is 0 Å². The molecular weight excluding hydrogens is 260 g/mol. The second kappa shape index (κ2) is 6.59. The van der Waals surface area contributed by atoms with Gasteiger partial charge < -0.3 is 10.6 Å². The first-order chi connectivity index (χ1) is 10.3. The van der Waals surface area contributed by atoms with Crippen LogP contribution in [-0.2, 0) is 6.42 Å².